The Labute approximate surface area is 202 Å². The third-order valence-electron chi connectivity index (χ3n) is 10.6. The predicted octanol–water partition coefficient (Wildman–Crippen LogP) is 4.49. The molecule has 3 aliphatic carbocycles. The number of hydrogen-bond acceptors (Lipinski definition) is 6. The van der Waals surface area contributed by atoms with Gasteiger partial charge in [-0.25, -0.2) is 4.79 Å². The van der Waals surface area contributed by atoms with Crippen LogP contribution in [0.2, 0.25) is 0 Å². The van der Waals surface area contributed by atoms with Crippen LogP contribution in [0.15, 0.2) is 23.4 Å². The molecule has 6 heteroatoms. The molecule has 5 aliphatic rings. The number of carbonyl (C=O) groups excluding carboxylic acids is 3. The van der Waals surface area contributed by atoms with E-state index in [-0.39, 0.29) is 46.8 Å². The largest absolute Gasteiger partial charge is 0.462 e. The number of hydrogen-bond donors (Lipinski definition) is 1. The van der Waals surface area contributed by atoms with E-state index >= 15 is 0 Å². The molecule has 0 bridgehead atoms. The van der Waals surface area contributed by atoms with Gasteiger partial charge in [0.15, 0.2) is 0 Å². The molecule has 7 atom stereocenters. The molecule has 3 fully saturated rings. The highest BCUT2D eigenvalue weighted by atomic mass is 16.5. The van der Waals surface area contributed by atoms with E-state index in [2.05, 4.69) is 39.9 Å². The smallest absolute Gasteiger partial charge is 0.331 e. The van der Waals surface area contributed by atoms with E-state index in [4.69, 9.17) is 9.47 Å². The monoisotopic (exact) mass is 469 g/mol. The van der Waals surface area contributed by atoms with E-state index in [1.165, 1.54) is 6.92 Å². The van der Waals surface area contributed by atoms with Crippen molar-refractivity contribution in [1.29, 1.82) is 0 Å². The van der Waals surface area contributed by atoms with Crippen molar-refractivity contribution in [2.75, 3.05) is 6.54 Å². The maximum absolute atomic E-state index is 13.0. The molecule has 1 N–H and O–H groups in total. The van der Waals surface area contributed by atoms with Gasteiger partial charge in [-0.1, -0.05) is 34.6 Å². The molecule has 6 nitrogen and oxygen atoms in total. The zero-order chi connectivity index (χ0) is 24.7. The number of cyclic esters (lactones) is 1. The fourth-order valence-corrected chi connectivity index (χ4v) is 8.98. The van der Waals surface area contributed by atoms with Gasteiger partial charge in [0.05, 0.1) is 0 Å². The first-order valence-electron chi connectivity index (χ1n) is 12.9. The molecule has 5 rings (SSSR count). The van der Waals surface area contributed by atoms with Gasteiger partial charge in [0.1, 0.15) is 18.0 Å². The number of Topliss-reactive ketones (excluding diaryl/α,β-unsaturated/α-hetero) is 1. The Balaban J connectivity index is 1.66. The third kappa shape index (κ3) is 3.02. The number of rotatable bonds is 2. The van der Waals surface area contributed by atoms with Crippen molar-refractivity contribution in [3.05, 3.63) is 23.4 Å². The summed E-state index contributed by atoms with van der Waals surface area (Å²) < 4.78 is 12.1. The molecule has 2 heterocycles. The first-order chi connectivity index (χ1) is 15.8. The van der Waals surface area contributed by atoms with Crippen molar-refractivity contribution in [1.82, 2.24) is 5.32 Å². The number of ketones is 1. The normalized spacial score (nSPS) is 45.0. The molecule has 0 aromatic rings. The zero-order valence-corrected chi connectivity index (χ0v) is 21.5. The highest BCUT2D eigenvalue weighted by Gasteiger charge is 2.69. The highest BCUT2D eigenvalue weighted by Crippen LogP contribution is 2.71. The fraction of sp³-hybridized carbons (Fsp3) is 0.750. The van der Waals surface area contributed by atoms with Gasteiger partial charge in [-0.2, -0.15) is 0 Å². The molecule has 0 aromatic carbocycles. The molecular formula is C28H39NO5. The third-order valence-corrected chi connectivity index (χ3v) is 10.6. The molecule has 0 aromatic heterocycles. The number of esters is 2. The maximum atomic E-state index is 13.0. The first-order valence-corrected chi connectivity index (χ1v) is 12.9. The Hall–Kier alpha value is -2.11. The maximum Gasteiger partial charge on any atom is 0.331 e. The van der Waals surface area contributed by atoms with Crippen LogP contribution in [0.4, 0.5) is 0 Å². The van der Waals surface area contributed by atoms with Crippen LogP contribution in [0.25, 0.3) is 0 Å². The second-order valence-corrected chi connectivity index (χ2v) is 12.6. The lowest BCUT2D eigenvalue weighted by molar-refractivity contribution is -0.209. The second kappa shape index (κ2) is 7.44. The van der Waals surface area contributed by atoms with Crippen LogP contribution >= 0.6 is 0 Å². The molecule has 186 valence electrons. The SMILES string of the molecule is CC(=O)O[C@@H]1CC2C(C)(C)C(=O)CC[C@]2(C)C2CC[C@]3(C)C(=CC(=O)O[C@H]3C3=CNCC3)[C@@]21C. The molecule has 0 saturated heterocycles. The van der Waals surface area contributed by atoms with Gasteiger partial charge in [0.2, 0.25) is 0 Å². The Kier molecular flexibility index (Phi) is 5.17. The first kappa shape index (κ1) is 23.6. The molecule has 0 amide bonds. The second-order valence-electron chi connectivity index (χ2n) is 12.6. The molecule has 34 heavy (non-hydrogen) atoms. The van der Waals surface area contributed by atoms with E-state index < -0.39 is 10.8 Å². The Morgan fingerprint density at radius 2 is 1.82 bits per heavy atom. The number of fused-ring (bicyclic) bond motifs is 5. The van der Waals surface area contributed by atoms with E-state index in [9.17, 15) is 14.4 Å². The number of carbonyl (C=O) groups is 3. The standard InChI is InChI=1S/C28H39NO5/c1-16(30)33-22-13-19-25(2,3)21(31)8-11-26(19,4)18-7-10-27(5)20(28(18,22)6)14-23(32)34-24(27)17-9-12-29-15-17/h14-15,18-19,22,24,29H,7-13H2,1-6H3/t18?,19?,22-,24+,26-,27-,28-/m1/s1. The van der Waals surface area contributed by atoms with E-state index in [0.29, 0.717) is 18.6 Å². The van der Waals surface area contributed by atoms with Crippen molar-refractivity contribution in [2.24, 2.45) is 33.5 Å². The quantitative estimate of drug-likeness (QED) is 0.601. The number of nitrogens with one attached hydrogen (secondary N) is 1. The molecule has 0 spiro atoms. The van der Waals surface area contributed by atoms with E-state index in [0.717, 1.165) is 43.4 Å². The van der Waals surface area contributed by atoms with E-state index in [1.807, 2.05) is 6.20 Å². The zero-order valence-electron chi connectivity index (χ0n) is 21.5. The van der Waals surface area contributed by atoms with Gasteiger partial charge in [0.25, 0.3) is 0 Å². The van der Waals surface area contributed by atoms with E-state index in [1.54, 1.807) is 6.08 Å². The van der Waals surface area contributed by atoms with Gasteiger partial charge in [-0.3, -0.25) is 9.59 Å². The van der Waals surface area contributed by atoms with Crippen molar-refractivity contribution in [3.8, 4) is 0 Å². The summed E-state index contributed by atoms with van der Waals surface area (Å²) in [6, 6.07) is 0. The van der Waals surface area contributed by atoms with Crippen molar-refractivity contribution in [2.45, 2.75) is 92.3 Å². The van der Waals surface area contributed by atoms with Gasteiger partial charge in [0, 0.05) is 42.2 Å². The Morgan fingerprint density at radius 1 is 1.09 bits per heavy atom. The van der Waals surface area contributed by atoms with Crippen LogP contribution in [-0.2, 0) is 23.9 Å². The Morgan fingerprint density at radius 3 is 2.47 bits per heavy atom. The van der Waals surface area contributed by atoms with Crippen LogP contribution in [-0.4, -0.2) is 36.5 Å². The highest BCUT2D eigenvalue weighted by molar-refractivity contribution is 5.86. The van der Waals surface area contributed by atoms with Gasteiger partial charge < -0.3 is 14.8 Å². The predicted molar refractivity (Wildman–Crippen MR) is 127 cm³/mol. The van der Waals surface area contributed by atoms with Crippen LogP contribution in [0, 0.1) is 33.5 Å². The minimum Gasteiger partial charge on any atom is -0.462 e. The summed E-state index contributed by atoms with van der Waals surface area (Å²) in [5.41, 5.74) is 0.831. The van der Waals surface area contributed by atoms with Gasteiger partial charge in [-0.15, -0.1) is 0 Å². The average Bonchev–Trinajstić information content (AvgIpc) is 3.28. The van der Waals surface area contributed by atoms with Gasteiger partial charge >= 0.3 is 11.9 Å². The molecule has 2 unspecified atom stereocenters. The van der Waals surface area contributed by atoms with Crippen molar-refractivity contribution < 1.29 is 23.9 Å². The summed E-state index contributed by atoms with van der Waals surface area (Å²) in [5, 5.41) is 3.28. The topological polar surface area (TPSA) is 81.7 Å². The summed E-state index contributed by atoms with van der Waals surface area (Å²) in [5.74, 6) is 0.0277. The summed E-state index contributed by atoms with van der Waals surface area (Å²) in [7, 11) is 0. The van der Waals surface area contributed by atoms with Crippen LogP contribution < -0.4 is 5.32 Å². The fourth-order valence-electron chi connectivity index (χ4n) is 8.98. The lowest BCUT2D eigenvalue weighted by atomic mass is 9.37. The molecule has 3 saturated carbocycles. The lowest BCUT2D eigenvalue weighted by Crippen LogP contribution is -2.67. The van der Waals surface area contributed by atoms with Crippen molar-refractivity contribution >= 4 is 17.7 Å². The summed E-state index contributed by atoms with van der Waals surface area (Å²) in [6.07, 6.45) is 7.83. The van der Waals surface area contributed by atoms with Crippen molar-refractivity contribution in [3.63, 3.8) is 0 Å². The van der Waals surface area contributed by atoms with Crippen LogP contribution in [0.5, 0.6) is 0 Å². The minimum atomic E-state index is -0.495. The summed E-state index contributed by atoms with van der Waals surface area (Å²) >= 11 is 0. The molecule has 2 aliphatic heterocycles. The molecular weight excluding hydrogens is 430 g/mol. The minimum absolute atomic E-state index is 0.0734. The number of ether oxygens (including phenoxy) is 2. The lowest BCUT2D eigenvalue weighted by Gasteiger charge is -2.68. The van der Waals surface area contributed by atoms with Gasteiger partial charge in [-0.05, 0) is 66.7 Å². The average molecular weight is 470 g/mol. The van der Waals surface area contributed by atoms with Crippen LogP contribution in [0.3, 0.4) is 0 Å². The molecule has 0 radical (unpaired) electrons. The Bertz CT molecular complexity index is 1010. The summed E-state index contributed by atoms with van der Waals surface area (Å²) in [6.45, 7) is 13.3. The van der Waals surface area contributed by atoms with Crippen LogP contribution in [0.1, 0.15) is 80.1 Å². The summed E-state index contributed by atoms with van der Waals surface area (Å²) in [4.78, 5) is 38.3.